The minimum atomic E-state index is -2.08. The summed E-state index contributed by atoms with van der Waals surface area (Å²) in [5.41, 5.74) is 2.58. The molecule has 0 amide bonds. The second-order valence-corrected chi connectivity index (χ2v) is 22.7. The highest BCUT2D eigenvalue weighted by Gasteiger charge is 2.49. The molecule has 0 bridgehead atoms. The number of rotatable bonds is 7. The maximum atomic E-state index is 12.9. The zero-order valence-corrected chi connectivity index (χ0v) is 25.6. The van der Waals surface area contributed by atoms with E-state index in [4.69, 9.17) is 13.6 Å². The van der Waals surface area contributed by atoms with Crippen LogP contribution in [-0.2, 0) is 30.3 Å². The van der Waals surface area contributed by atoms with Gasteiger partial charge in [-0.15, -0.1) is 0 Å². The number of hydrogen-bond donors (Lipinski definition) is 2. The van der Waals surface area contributed by atoms with E-state index in [9.17, 15) is 4.79 Å². The Hall–Kier alpha value is -1.46. The van der Waals surface area contributed by atoms with E-state index in [2.05, 4.69) is 90.2 Å². The molecule has 6 nitrogen and oxygen atoms in total. The van der Waals surface area contributed by atoms with Crippen LogP contribution in [-0.4, -0.2) is 54.0 Å². The molecule has 2 N–H and O–H groups in total. The number of H-pyrrole nitrogens is 1. The lowest BCUT2D eigenvalue weighted by Gasteiger charge is -2.47. The summed E-state index contributed by atoms with van der Waals surface area (Å²) in [6, 6.07) is 7.83. The summed E-state index contributed by atoms with van der Waals surface area (Å²) in [7, 11) is -2.71. The monoisotopic (exact) mass is 518 g/mol. The average molecular weight is 519 g/mol. The first-order valence-electron chi connectivity index (χ1n) is 12.7. The highest BCUT2D eigenvalue weighted by molar-refractivity contribution is 6.74. The van der Waals surface area contributed by atoms with Crippen molar-refractivity contribution in [1.82, 2.24) is 10.3 Å². The van der Waals surface area contributed by atoms with Crippen LogP contribution in [0.5, 0.6) is 0 Å². The molecule has 2 aromatic rings. The molecule has 1 aromatic heterocycles. The van der Waals surface area contributed by atoms with Crippen LogP contribution in [0.2, 0.25) is 36.3 Å². The third-order valence-corrected chi connectivity index (χ3v) is 17.6. The van der Waals surface area contributed by atoms with Gasteiger partial charge in [-0.25, -0.2) is 0 Å². The molecule has 1 aliphatic rings. The number of carbonyl (C=O) groups excluding carboxylic acids is 1. The zero-order valence-electron chi connectivity index (χ0n) is 23.6. The third kappa shape index (κ3) is 5.46. The van der Waals surface area contributed by atoms with Gasteiger partial charge in [0.15, 0.2) is 16.6 Å². The van der Waals surface area contributed by atoms with Crippen LogP contribution in [0.25, 0.3) is 10.9 Å². The van der Waals surface area contributed by atoms with Gasteiger partial charge in [0.25, 0.3) is 0 Å². The second-order valence-electron chi connectivity index (χ2n) is 13.1. The molecule has 8 heteroatoms. The molecule has 0 fully saturated rings. The summed E-state index contributed by atoms with van der Waals surface area (Å²) >= 11 is 0. The summed E-state index contributed by atoms with van der Waals surface area (Å²) in [6.45, 7) is 23.4. The number of methoxy groups -OCH3 is 1. The van der Waals surface area contributed by atoms with Gasteiger partial charge in [-0.1, -0.05) is 59.7 Å². The molecule has 0 saturated heterocycles. The standard InChI is InChI=1S/C27H46N2O4Si2/c1-25(2,3)34(8,9)32-17-27(18-33-35(10,11)26(4,5)6)23-20(16-22(29-27)24(30)31-7)19-14-12-13-15-21(19)28-23/h12-15,22,28-29H,16-18H2,1-11H3/t22-/m0/s1. The number of carbonyl (C=O) groups is 1. The molecule has 0 aliphatic carbocycles. The van der Waals surface area contributed by atoms with E-state index in [-0.39, 0.29) is 16.0 Å². The van der Waals surface area contributed by atoms with Gasteiger partial charge in [0, 0.05) is 23.0 Å². The smallest absolute Gasteiger partial charge is 0.323 e. The lowest BCUT2D eigenvalue weighted by molar-refractivity contribution is -0.144. The quantitative estimate of drug-likeness (QED) is 0.343. The number of aromatic amines is 1. The Morgan fingerprint density at radius 1 is 0.971 bits per heavy atom. The van der Waals surface area contributed by atoms with Gasteiger partial charge in [0.05, 0.1) is 20.3 Å². The van der Waals surface area contributed by atoms with Crippen LogP contribution in [0.15, 0.2) is 24.3 Å². The Morgan fingerprint density at radius 2 is 1.49 bits per heavy atom. The van der Waals surface area contributed by atoms with Gasteiger partial charge in [0.2, 0.25) is 0 Å². The number of aromatic nitrogens is 1. The fourth-order valence-corrected chi connectivity index (χ4v) is 6.16. The number of ether oxygens (including phenoxy) is 1. The van der Waals surface area contributed by atoms with Crippen molar-refractivity contribution >= 4 is 33.5 Å². The lowest BCUT2D eigenvalue weighted by Crippen LogP contribution is -2.63. The summed E-state index contributed by atoms with van der Waals surface area (Å²) in [4.78, 5) is 16.6. The summed E-state index contributed by atoms with van der Waals surface area (Å²) in [5.74, 6) is -0.259. The van der Waals surface area contributed by atoms with Gasteiger partial charge in [-0.2, -0.15) is 0 Å². The first-order chi connectivity index (χ1) is 15.9. The van der Waals surface area contributed by atoms with Crippen molar-refractivity contribution in [2.75, 3.05) is 20.3 Å². The number of benzene rings is 1. The molecule has 0 radical (unpaired) electrons. The van der Waals surface area contributed by atoms with E-state index in [1.165, 1.54) is 7.11 Å². The molecule has 35 heavy (non-hydrogen) atoms. The van der Waals surface area contributed by atoms with Crippen molar-refractivity contribution in [2.24, 2.45) is 0 Å². The Balaban J connectivity index is 2.15. The molecule has 0 unspecified atom stereocenters. The Bertz CT molecular complexity index is 1030. The predicted octanol–water partition coefficient (Wildman–Crippen LogP) is 6.09. The normalized spacial score (nSPS) is 19.0. The molecule has 1 atom stereocenters. The molecule has 0 saturated carbocycles. The van der Waals surface area contributed by atoms with Gasteiger partial charge in [-0.05, 0) is 47.9 Å². The Kier molecular flexibility index (Phi) is 7.59. The molecular weight excluding hydrogens is 472 g/mol. The van der Waals surface area contributed by atoms with Crippen molar-refractivity contribution < 1.29 is 18.4 Å². The minimum absolute atomic E-state index is 0.0637. The molecule has 0 spiro atoms. The van der Waals surface area contributed by atoms with E-state index < -0.39 is 28.2 Å². The number of para-hydroxylation sites is 1. The first kappa shape index (κ1) is 28.1. The number of esters is 1. The van der Waals surface area contributed by atoms with Gasteiger partial charge in [0.1, 0.15) is 11.6 Å². The number of hydrogen-bond acceptors (Lipinski definition) is 5. The number of fused-ring (bicyclic) bond motifs is 3. The molecule has 196 valence electrons. The summed E-state index contributed by atoms with van der Waals surface area (Å²) in [5, 5.41) is 4.94. The molecular formula is C27H46N2O4Si2. The fourth-order valence-electron chi connectivity index (χ4n) is 4.08. The van der Waals surface area contributed by atoms with Crippen molar-refractivity contribution in [3.8, 4) is 0 Å². The topological polar surface area (TPSA) is 72.6 Å². The highest BCUT2D eigenvalue weighted by atomic mass is 28.4. The van der Waals surface area contributed by atoms with Gasteiger partial charge >= 0.3 is 5.97 Å². The Morgan fingerprint density at radius 3 is 1.97 bits per heavy atom. The van der Waals surface area contributed by atoms with Crippen molar-refractivity contribution in [3.05, 3.63) is 35.5 Å². The SMILES string of the molecule is COC(=O)[C@@H]1Cc2c([nH]c3ccccc23)C(CO[Si](C)(C)C(C)(C)C)(CO[Si](C)(C)C(C)(C)C)N1. The molecule has 3 rings (SSSR count). The van der Waals surface area contributed by atoms with Crippen LogP contribution >= 0.6 is 0 Å². The first-order valence-corrected chi connectivity index (χ1v) is 18.5. The maximum absolute atomic E-state index is 12.9. The van der Waals surface area contributed by atoms with Crippen molar-refractivity contribution in [3.63, 3.8) is 0 Å². The Labute approximate surface area is 213 Å². The van der Waals surface area contributed by atoms with Crippen molar-refractivity contribution in [1.29, 1.82) is 0 Å². The molecule has 1 aliphatic heterocycles. The van der Waals surface area contributed by atoms with Crippen LogP contribution in [0.1, 0.15) is 52.8 Å². The summed E-state index contributed by atoms with van der Waals surface area (Å²) in [6.07, 6.45) is 0.563. The number of nitrogens with one attached hydrogen (secondary N) is 2. The van der Waals surface area contributed by atoms with E-state index in [0.717, 1.165) is 22.2 Å². The predicted molar refractivity (Wildman–Crippen MR) is 149 cm³/mol. The van der Waals surface area contributed by atoms with Crippen LogP contribution in [0.3, 0.4) is 0 Å². The maximum Gasteiger partial charge on any atom is 0.323 e. The highest BCUT2D eigenvalue weighted by Crippen LogP contribution is 2.43. The summed E-state index contributed by atoms with van der Waals surface area (Å²) < 4.78 is 18.9. The van der Waals surface area contributed by atoms with E-state index in [1.54, 1.807) is 0 Å². The second kappa shape index (κ2) is 9.45. The van der Waals surface area contributed by atoms with Gasteiger partial charge < -0.3 is 18.6 Å². The average Bonchev–Trinajstić information content (AvgIpc) is 3.13. The van der Waals surface area contributed by atoms with Gasteiger partial charge in [-0.3, -0.25) is 10.1 Å². The largest absolute Gasteiger partial charge is 0.468 e. The lowest BCUT2D eigenvalue weighted by atomic mass is 9.84. The molecule has 2 heterocycles. The molecule has 1 aromatic carbocycles. The van der Waals surface area contributed by atoms with Crippen LogP contribution < -0.4 is 5.32 Å². The van der Waals surface area contributed by atoms with Crippen LogP contribution in [0, 0.1) is 0 Å². The fraction of sp³-hybridized carbons (Fsp3) is 0.667. The van der Waals surface area contributed by atoms with E-state index >= 15 is 0 Å². The van der Waals surface area contributed by atoms with Crippen LogP contribution in [0.4, 0.5) is 0 Å². The third-order valence-electron chi connectivity index (χ3n) is 8.61. The van der Waals surface area contributed by atoms with Crippen molar-refractivity contribution in [2.45, 2.75) is 95.8 Å². The minimum Gasteiger partial charge on any atom is -0.468 e. The van der Waals surface area contributed by atoms with E-state index in [1.807, 2.05) is 12.1 Å². The van der Waals surface area contributed by atoms with E-state index in [0.29, 0.717) is 19.6 Å². The zero-order chi connectivity index (χ0) is 26.4.